The molecule has 144 valence electrons. The van der Waals surface area contributed by atoms with Gasteiger partial charge < -0.3 is 11.1 Å². The Balaban J connectivity index is 1.79. The molecule has 1 aromatic heterocycles. The number of nitrogens with zero attached hydrogens (tertiary/aromatic N) is 1. The van der Waals surface area contributed by atoms with Crippen molar-refractivity contribution in [2.45, 2.75) is 18.6 Å². The van der Waals surface area contributed by atoms with Crippen molar-refractivity contribution in [3.8, 4) is 0 Å². The lowest BCUT2D eigenvalue weighted by molar-refractivity contribution is -0.137. The Morgan fingerprint density at radius 1 is 1.04 bits per heavy atom. The van der Waals surface area contributed by atoms with E-state index in [1.54, 1.807) is 36.5 Å². The molecule has 0 spiro atoms. The van der Waals surface area contributed by atoms with E-state index in [1.807, 2.05) is 0 Å². The van der Waals surface area contributed by atoms with E-state index in [0.29, 0.717) is 11.1 Å². The summed E-state index contributed by atoms with van der Waals surface area (Å²) in [6.07, 6.45) is -2.93. The Kier molecular flexibility index (Phi) is 5.30. The highest BCUT2D eigenvalue weighted by atomic mass is 19.4. The number of alkyl halides is 3. The number of nitrogens with two attached hydrogens (primary N) is 1. The molecule has 0 aliphatic heterocycles. The molecule has 3 N–H and O–H groups in total. The number of primary amides is 1. The smallest absolute Gasteiger partial charge is 0.368 e. The van der Waals surface area contributed by atoms with Gasteiger partial charge in [-0.3, -0.25) is 14.6 Å². The lowest BCUT2D eigenvalue weighted by Crippen LogP contribution is -2.45. The van der Waals surface area contributed by atoms with Crippen LogP contribution in [-0.2, 0) is 17.4 Å². The predicted octanol–water partition coefficient (Wildman–Crippen LogP) is 3.08. The van der Waals surface area contributed by atoms with Crippen molar-refractivity contribution < 1.29 is 22.8 Å². The van der Waals surface area contributed by atoms with E-state index in [9.17, 15) is 22.8 Å². The number of carbonyl (C=O) groups excluding carboxylic acids is 2. The molecule has 28 heavy (non-hydrogen) atoms. The first-order valence-electron chi connectivity index (χ1n) is 8.36. The first-order valence-corrected chi connectivity index (χ1v) is 8.36. The average molecular weight is 387 g/mol. The second-order valence-corrected chi connectivity index (χ2v) is 6.21. The van der Waals surface area contributed by atoms with E-state index >= 15 is 0 Å². The van der Waals surface area contributed by atoms with Crippen molar-refractivity contribution in [1.82, 2.24) is 10.3 Å². The van der Waals surface area contributed by atoms with Gasteiger partial charge >= 0.3 is 6.18 Å². The molecular formula is C20H16F3N3O2. The molecule has 3 aromatic rings. The Morgan fingerprint density at radius 2 is 1.71 bits per heavy atom. The number of hydrogen-bond acceptors (Lipinski definition) is 3. The molecule has 0 saturated carbocycles. The molecule has 1 atom stereocenters. The summed E-state index contributed by atoms with van der Waals surface area (Å²) in [6.45, 7) is 0. The van der Waals surface area contributed by atoms with Crippen LogP contribution in [0, 0.1) is 0 Å². The fourth-order valence-corrected chi connectivity index (χ4v) is 2.81. The van der Waals surface area contributed by atoms with Gasteiger partial charge in [-0.1, -0.05) is 30.3 Å². The number of halogens is 3. The van der Waals surface area contributed by atoms with Crippen LogP contribution in [0.4, 0.5) is 13.2 Å². The predicted molar refractivity (Wildman–Crippen MR) is 97.3 cm³/mol. The molecule has 0 unspecified atom stereocenters. The minimum Gasteiger partial charge on any atom is -0.368 e. The Labute approximate surface area is 158 Å². The van der Waals surface area contributed by atoms with Crippen LogP contribution in [0.5, 0.6) is 0 Å². The molecule has 3 rings (SSSR count). The third kappa shape index (κ3) is 4.28. The molecule has 2 aromatic carbocycles. The standard InChI is InChI=1S/C20H16F3N3O2/c21-20(22,23)14-8-6-12(7-9-14)11-16(18(24)27)26-19(28)15-5-1-3-13-4-2-10-25-17(13)15/h1-10,16H,11H2,(H2,24,27)(H,26,28)/t16-/m0/s1. The minimum atomic E-state index is -4.45. The second-order valence-electron chi connectivity index (χ2n) is 6.21. The van der Waals surface area contributed by atoms with Crippen molar-refractivity contribution in [3.05, 3.63) is 77.5 Å². The molecule has 0 fully saturated rings. The van der Waals surface area contributed by atoms with Crippen molar-refractivity contribution >= 4 is 22.7 Å². The van der Waals surface area contributed by atoms with Gasteiger partial charge in [-0.05, 0) is 29.8 Å². The highest BCUT2D eigenvalue weighted by Gasteiger charge is 2.30. The monoisotopic (exact) mass is 387 g/mol. The van der Waals surface area contributed by atoms with Gasteiger partial charge in [-0.25, -0.2) is 0 Å². The van der Waals surface area contributed by atoms with E-state index in [-0.39, 0.29) is 12.0 Å². The van der Waals surface area contributed by atoms with Gasteiger partial charge in [0.15, 0.2) is 0 Å². The maximum atomic E-state index is 12.7. The van der Waals surface area contributed by atoms with Crippen LogP contribution in [0.2, 0.25) is 0 Å². The Hall–Kier alpha value is -3.42. The first-order chi connectivity index (χ1) is 13.3. The van der Waals surface area contributed by atoms with E-state index in [0.717, 1.165) is 17.5 Å². The van der Waals surface area contributed by atoms with Gasteiger partial charge in [-0.15, -0.1) is 0 Å². The van der Waals surface area contributed by atoms with Crippen molar-refractivity contribution in [2.24, 2.45) is 5.73 Å². The number of carbonyl (C=O) groups is 2. The lowest BCUT2D eigenvalue weighted by Gasteiger charge is -2.16. The fraction of sp³-hybridized carbons (Fsp3) is 0.150. The highest BCUT2D eigenvalue weighted by Crippen LogP contribution is 2.29. The molecule has 8 heteroatoms. The van der Waals surface area contributed by atoms with Crippen LogP contribution < -0.4 is 11.1 Å². The molecule has 0 bridgehead atoms. The van der Waals surface area contributed by atoms with Crippen LogP contribution in [0.1, 0.15) is 21.5 Å². The normalized spacial score (nSPS) is 12.5. The minimum absolute atomic E-state index is 0.0304. The summed E-state index contributed by atoms with van der Waals surface area (Å²) in [5, 5.41) is 3.30. The molecule has 0 aliphatic rings. The zero-order valence-electron chi connectivity index (χ0n) is 14.5. The van der Waals surface area contributed by atoms with Crippen LogP contribution in [0.25, 0.3) is 10.9 Å². The molecule has 2 amide bonds. The van der Waals surface area contributed by atoms with E-state index < -0.39 is 29.6 Å². The third-order valence-corrected chi connectivity index (χ3v) is 4.25. The summed E-state index contributed by atoms with van der Waals surface area (Å²) in [5.74, 6) is -1.33. The molecule has 1 heterocycles. The number of hydrogen-bond donors (Lipinski definition) is 2. The quantitative estimate of drug-likeness (QED) is 0.706. The van der Waals surface area contributed by atoms with Gasteiger partial charge in [0.25, 0.3) is 5.91 Å². The van der Waals surface area contributed by atoms with Crippen molar-refractivity contribution in [3.63, 3.8) is 0 Å². The number of amides is 2. The number of pyridine rings is 1. The lowest BCUT2D eigenvalue weighted by atomic mass is 10.0. The molecule has 0 aliphatic carbocycles. The number of nitrogens with one attached hydrogen (secondary N) is 1. The van der Waals surface area contributed by atoms with Crippen molar-refractivity contribution in [1.29, 1.82) is 0 Å². The summed E-state index contributed by atoms with van der Waals surface area (Å²) in [7, 11) is 0. The number of fused-ring (bicyclic) bond motifs is 1. The summed E-state index contributed by atoms with van der Waals surface area (Å²) in [5.41, 5.74) is 5.77. The largest absolute Gasteiger partial charge is 0.416 e. The zero-order valence-corrected chi connectivity index (χ0v) is 14.5. The van der Waals surface area contributed by atoms with Gasteiger partial charge in [0.05, 0.1) is 16.6 Å². The Morgan fingerprint density at radius 3 is 2.36 bits per heavy atom. The van der Waals surface area contributed by atoms with Crippen LogP contribution >= 0.6 is 0 Å². The average Bonchev–Trinajstić information content (AvgIpc) is 2.66. The maximum Gasteiger partial charge on any atom is 0.416 e. The molecule has 0 saturated heterocycles. The first kappa shape index (κ1) is 19.3. The van der Waals surface area contributed by atoms with Crippen LogP contribution in [-0.4, -0.2) is 22.8 Å². The summed E-state index contributed by atoms with van der Waals surface area (Å²) in [4.78, 5) is 28.6. The number of aromatic nitrogens is 1. The topological polar surface area (TPSA) is 85.1 Å². The third-order valence-electron chi connectivity index (χ3n) is 4.25. The SMILES string of the molecule is NC(=O)[C@H](Cc1ccc(C(F)(F)F)cc1)NC(=O)c1cccc2cccnc12. The number of para-hydroxylation sites is 1. The molecule has 5 nitrogen and oxygen atoms in total. The van der Waals surface area contributed by atoms with Crippen molar-refractivity contribution in [2.75, 3.05) is 0 Å². The zero-order chi connectivity index (χ0) is 20.3. The van der Waals surface area contributed by atoms with Gasteiger partial charge in [0.2, 0.25) is 5.91 Å². The number of benzene rings is 2. The van der Waals surface area contributed by atoms with Gasteiger partial charge in [0, 0.05) is 18.0 Å². The van der Waals surface area contributed by atoms with E-state index in [2.05, 4.69) is 10.3 Å². The summed E-state index contributed by atoms with van der Waals surface area (Å²) in [6, 6.07) is 11.9. The maximum absolute atomic E-state index is 12.7. The van der Waals surface area contributed by atoms with E-state index in [4.69, 9.17) is 5.73 Å². The molecular weight excluding hydrogens is 371 g/mol. The highest BCUT2D eigenvalue weighted by molar-refractivity contribution is 6.06. The van der Waals surface area contributed by atoms with Crippen LogP contribution in [0.15, 0.2) is 60.8 Å². The molecule has 0 radical (unpaired) electrons. The second kappa shape index (κ2) is 7.67. The Bertz CT molecular complexity index is 1010. The summed E-state index contributed by atoms with van der Waals surface area (Å²) < 4.78 is 38.0. The van der Waals surface area contributed by atoms with E-state index in [1.165, 1.54) is 12.1 Å². The van der Waals surface area contributed by atoms with Gasteiger partial charge in [0.1, 0.15) is 6.04 Å². The summed E-state index contributed by atoms with van der Waals surface area (Å²) >= 11 is 0. The van der Waals surface area contributed by atoms with Gasteiger partial charge in [-0.2, -0.15) is 13.2 Å². The van der Waals surface area contributed by atoms with Crippen LogP contribution in [0.3, 0.4) is 0 Å². The fourth-order valence-electron chi connectivity index (χ4n) is 2.81. The number of rotatable bonds is 5.